The average molecular weight is 275 g/mol. The zero-order valence-electron chi connectivity index (χ0n) is 12.9. The Hall–Kier alpha value is -0.900. The minimum Gasteiger partial charge on any atom is -0.317 e. The monoisotopic (exact) mass is 275 g/mol. The number of rotatable bonds is 8. The zero-order chi connectivity index (χ0) is 14.0. The van der Waals surface area contributed by atoms with Crippen LogP contribution in [-0.4, -0.2) is 55.6 Å². The Kier molecular flexibility index (Phi) is 7.06. The predicted octanol–water partition coefficient (Wildman–Crippen LogP) is 2.19. The van der Waals surface area contributed by atoms with Gasteiger partial charge in [0.2, 0.25) is 0 Å². The summed E-state index contributed by atoms with van der Waals surface area (Å²) in [6.07, 6.45) is 2.63. The molecule has 2 rings (SSSR count). The Morgan fingerprint density at radius 2 is 1.65 bits per heavy atom. The molecule has 0 atom stereocenters. The molecule has 0 aromatic heterocycles. The van der Waals surface area contributed by atoms with Crippen molar-refractivity contribution < 1.29 is 0 Å². The SMILES string of the molecule is CCNCCCCN1CCN(Cc2ccccc2)CC1. The van der Waals surface area contributed by atoms with Gasteiger partial charge in [0.15, 0.2) is 0 Å². The molecule has 0 saturated carbocycles. The first-order chi connectivity index (χ1) is 9.88. The van der Waals surface area contributed by atoms with Crippen molar-refractivity contribution in [3.63, 3.8) is 0 Å². The van der Waals surface area contributed by atoms with E-state index in [0.29, 0.717) is 0 Å². The minimum atomic E-state index is 1.10. The van der Waals surface area contributed by atoms with Crippen molar-refractivity contribution >= 4 is 0 Å². The fourth-order valence-electron chi connectivity index (χ4n) is 2.77. The summed E-state index contributed by atoms with van der Waals surface area (Å²) < 4.78 is 0. The molecule has 1 N–H and O–H groups in total. The van der Waals surface area contributed by atoms with Crippen LogP contribution >= 0.6 is 0 Å². The van der Waals surface area contributed by atoms with E-state index < -0.39 is 0 Å². The number of piperazine rings is 1. The van der Waals surface area contributed by atoms with E-state index in [1.807, 2.05) is 0 Å². The molecule has 1 saturated heterocycles. The molecular weight excluding hydrogens is 246 g/mol. The summed E-state index contributed by atoms with van der Waals surface area (Å²) >= 11 is 0. The van der Waals surface area contributed by atoms with Crippen LogP contribution in [0.2, 0.25) is 0 Å². The van der Waals surface area contributed by atoms with Crippen LogP contribution in [0.1, 0.15) is 25.3 Å². The van der Waals surface area contributed by atoms with Crippen LogP contribution in [0, 0.1) is 0 Å². The molecule has 0 bridgehead atoms. The lowest BCUT2D eigenvalue weighted by atomic mass is 10.2. The van der Waals surface area contributed by atoms with Crippen molar-refractivity contribution in [2.75, 3.05) is 45.8 Å². The van der Waals surface area contributed by atoms with Gasteiger partial charge >= 0.3 is 0 Å². The molecule has 20 heavy (non-hydrogen) atoms. The molecule has 0 unspecified atom stereocenters. The quantitative estimate of drug-likeness (QED) is 0.734. The maximum absolute atomic E-state index is 3.39. The third-order valence-corrected chi connectivity index (χ3v) is 4.04. The Balaban J connectivity index is 1.58. The van der Waals surface area contributed by atoms with Crippen molar-refractivity contribution in [2.45, 2.75) is 26.3 Å². The normalized spacial score (nSPS) is 17.4. The molecular formula is C17H29N3. The number of hydrogen-bond donors (Lipinski definition) is 1. The summed E-state index contributed by atoms with van der Waals surface area (Å²) in [5.41, 5.74) is 1.44. The van der Waals surface area contributed by atoms with Gasteiger partial charge in [-0.2, -0.15) is 0 Å². The molecule has 0 radical (unpaired) electrons. The van der Waals surface area contributed by atoms with Gasteiger partial charge in [-0.3, -0.25) is 4.90 Å². The summed E-state index contributed by atoms with van der Waals surface area (Å²) in [6.45, 7) is 11.7. The molecule has 1 fully saturated rings. The average Bonchev–Trinajstić information content (AvgIpc) is 2.50. The lowest BCUT2D eigenvalue weighted by Gasteiger charge is -2.34. The largest absolute Gasteiger partial charge is 0.317 e. The lowest BCUT2D eigenvalue weighted by Crippen LogP contribution is -2.46. The lowest BCUT2D eigenvalue weighted by molar-refractivity contribution is 0.125. The van der Waals surface area contributed by atoms with Gasteiger partial charge in [-0.1, -0.05) is 37.3 Å². The fourth-order valence-corrected chi connectivity index (χ4v) is 2.77. The topological polar surface area (TPSA) is 18.5 Å². The van der Waals surface area contributed by atoms with E-state index in [1.54, 1.807) is 0 Å². The van der Waals surface area contributed by atoms with Crippen molar-refractivity contribution in [1.82, 2.24) is 15.1 Å². The van der Waals surface area contributed by atoms with E-state index in [9.17, 15) is 0 Å². The molecule has 1 heterocycles. The van der Waals surface area contributed by atoms with E-state index in [2.05, 4.69) is 52.4 Å². The van der Waals surface area contributed by atoms with Crippen LogP contribution in [0.15, 0.2) is 30.3 Å². The number of nitrogens with zero attached hydrogens (tertiary/aromatic N) is 2. The van der Waals surface area contributed by atoms with E-state index in [0.717, 1.165) is 13.1 Å². The van der Waals surface area contributed by atoms with E-state index in [4.69, 9.17) is 0 Å². The molecule has 1 aliphatic heterocycles. The maximum atomic E-state index is 3.39. The van der Waals surface area contributed by atoms with Crippen LogP contribution < -0.4 is 5.32 Å². The molecule has 0 amide bonds. The van der Waals surface area contributed by atoms with Crippen molar-refractivity contribution in [1.29, 1.82) is 0 Å². The van der Waals surface area contributed by atoms with Crippen LogP contribution in [0.3, 0.4) is 0 Å². The third-order valence-electron chi connectivity index (χ3n) is 4.04. The summed E-state index contributed by atoms with van der Waals surface area (Å²) in [4.78, 5) is 5.19. The van der Waals surface area contributed by atoms with Gasteiger partial charge in [0.25, 0.3) is 0 Å². The van der Waals surface area contributed by atoms with E-state index >= 15 is 0 Å². The second-order valence-electron chi connectivity index (χ2n) is 5.66. The third kappa shape index (κ3) is 5.61. The molecule has 0 spiro atoms. The van der Waals surface area contributed by atoms with Crippen molar-refractivity contribution in [3.05, 3.63) is 35.9 Å². The highest BCUT2D eigenvalue weighted by Gasteiger charge is 2.16. The summed E-state index contributed by atoms with van der Waals surface area (Å²) in [7, 11) is 0. The maximum Gasteiger partial charge on any atom is 0.0234 e. The molecule has 3 heteroatoms. The highest BCUT2D eigenvalue weighted by Crippen LogP contribution is 2.08. The minimum absolute atomic E-state index is 1.10. The van der Waals surface area contributed by atoms with Crippen molar-refractivity contribution in [2.24, 2.45) is 0 Å². The summed E-state index contributed by atoms with van der Waals surface area (Å²) in [5, 5.41) is 3.39. The van der Waals surface area contributed by atoms with Gasteiger partial charge in [0.05, 0.1) is 0 Å². The number of hydrogen-bond acceptors (Lipinski definition) is 3. The van der Waals surface area contributed by atoms with Crippen LogP contribution in [0.4, 0.5) is 0 Å². The Morgan fingerprint density at radius 3 is 2.35 bits per heavy atom. The van der Waals surface area contributed by atoms with Gasteiger partial charge in [-0.15, -0.1) is 0 Å². The molecule has 112 valence electrons. The van der Waals surface area contributed by atoms with Gasteiger partial charge < -0.3 is 10.2 Å². The second kappa shape index (κ2) is 9.11. The smallest absolute Gasteiger partial charge is 0.0234 e. The Labute approximate surface area is 124 Å². The first-order valence-corrected chi connectivity index (χ1v) is 8.08. The number of nitrogens with one attached hydrogen (secondary N) is 1. The molecule has 0 aliphatic carbocycles. The first kappa shape index (κ1) is 15.5. The molecule has 1 aliphatic rings. The van der Waals surface area contributed by atoms with Crippen LogP contribution in [-0.2, 0) is 6.54 Å². The Morgan fingerprint density at radius 1 is 0.950 bits per heavy atom. The predicted molar refractivity (Wildman–Crippen MR) is 85.9 cm³/mol. The zero-order valence-corrected chi connectivity index (χ0v) is 12.9. The number of unbranched alkanes of at least 4 members (excludes halogenated alkanes) is 1. The molecule has 3 nitrogen and oxygen atoms in total. The van der Waals surface area contributed by atoms with Gasteiger partial charge in [-0.05, 0) is 38.0 Å². The highest BCUT2D eigenvalue weighted by molar-refractivity contribution is 5.14. The van der Waals surface area contributed by atoms with Gasteiger partial charge in [0, 0.05) is 32.7 Å². The molecule has 1 aromatic rings. The van der Waals surface area contributed by atoms with E-state index in [-0.39, 0.29) is 0 Å². The summed E-state index contributed by atoms with van der Waals surface area (Å²) in [5.74, 6) is 0. The second-order valence-corrected chi connectivity index (χ2v) is 5.66. The standard InChI is InChI=1S/C17H29N3/c1-2-18-10-6-7-11-19-12-14-20(15-13-19)16-17-8-4-3-5-9-17/h3-5,8-9,18H,2,6-7,10-16H2,1H3. The molecule has 1 aromatic carbocycles. The Bertz CT molecular complexity index is 345. The fraction of sp³-hybridized carbons (Fsp3) is 0.647. The van der Waals surface area contributed by atoms with Gasteiger partial charge in [0.1, 0.15) is 0 Å². The van der Waals surface area contributed by atoms with Crippen LogP contribution in [0.5, 0.6) is 0 Å². The first-order valence-electron chi connectivity index (χ1n) is 8.08. The van der Waals surface area contributed by atoms with Crippen molar-refractivity contribution in [3.8, 4) is 0 Å². The van der Waals surface area contributed by atoms with E-state index in [1.165, 1.54) is 57.7 Å². The van der Waals surface area contributed by atoms with Crippen LogP contribution in [0.25, 0.3) is 0 Å². The summed E-state index contributed by atoms with van der Waals surface area (Å²) in [6, 6.07) is 10.8. The highest BCUT2D eigenvalue weighted by atomic mass is 15.3. The van der Waals surface area contributed by atoms with Gasteiger partial charge in [-0.25, -0.2) is 0 Å². The number of benzene rings is 1.